The van der Waals surface area contributed by atoms with Crippen molar-refractivity contribution >= 4 is 11.9 Å². The number of rotatable bonds is 6. The van der Waals surface area contributed by atoms with E-state index < -0.39 is 83.4 Å². The van der Waals surface area contributed by atoms with Crippen molar-refractivity contribution in [3.05, 3.63) is 64.5 Å². The summed E-state index contributed by atoms with van der Waals surface area (Å²) in [4.78, 5) is 23.0. The molecule has 2 aromatic rings. The van der Waals surface area contributed by atoms with Crippen LogP contribution in [0.2, 0.25) is 0 Å². The minimum atomic E-state index is -2.36. The summed E-state index contributed by atoms with van der Waals surface area (Å²) in [6, 6.07) is 1.96. The Morgan fingerprint density at radius 3 is 1.68 bits per heavy atom. The van der Waals surface area contributed by atoms with Crippen molar-refractivity contribution in [2.75, 3.05) is 0 Å². The Bertz CT molecular complexity index is 881. The van der Waals surface area contributed by atoms with Gasteiger partial charge in [0.25, 0.3) is 0 Å². The van der Waals surface area contributed by atoms with Crippen molar-refractivity contribution < 1.29 is 49.8 Å². The first-order chi connectivity index (χ1) is 13.1. The smallest absolute Gasteiger partial charge is 0.311 e. The molecular formula is C17H9F7O4. The van der Waals surface area contributed by atoms with Crippen molar-refractivity contribution in [1.29, 1.82) is 0 Å². The van der Waals surface area contributed by atoms with Gasteiger partial charge in [-0.2, -0.15) is 0 Å². The maximum Gasteiger partial charge on any atom is 0.311 e. The summed E-state index contributed by atoms with van der Waals surface area (Å²) in [6.45, 7) is -1.27. The van der Waals surface area contributed by atoms with Crippen LogP contribution in [0.3, 0.4) is 0 Å². The molecule has 0 atom stereocenters. The van der Waals surface area contributed by atoms with E-state index in [4.69, 9.17) is 0 Å². The molecule has 0 bridgehead atoms. The lowest BCUT2D eigenvalue weighted by molar-refractivity contribution is -0.148. The summed E-state index contributed by atoms with van der Waals surface area (Å²) < 4.78 is 101. The van der Waals surface area contributed by atoms with Gasteiger partial charge in [0.1, 0.15) is 24.0 Å². The van der Waals surface area contributed by atoms with Gasteiger partial charge in [-0.25, -0.2) is 30.7 Å². The molecule has 0 N–H and O–H groups in total. The van der Waals surface area contributed by atoms with Crippen LogP contribution in [0.1, 0.15) is 18.4 Å². The van der Waals surface area contributed by atoms with Gasteiger partial charge in [-0.15, -0.1) is 0 Å². The predicted octanol–water partition coefficient (Wildman–Crippen LogP) is 4.09. The van der Waals surface area contributed by atoms with E-state index in [1.807, 2.05) is 0 Å². The molecule has 0 saturated heterocycles. The van der Waals surface area contributed by atoms with Crippen LogP contribution in [-0.2, 0) is 20.9 Å². The lowest BCUT2D eigenvalue weighted by Crippen LogP contribution is -2.14. The second kappa shape index (κ2) is 8.72. The molecule has 28 heavy (non-hydrogen) atoms. The number of hydrogen-bond acceptors (Lipinski definition) is 4. The summed E-state index contributed by atoms with van der Waals surface area (Å²) in [5, 5.41) is 0. The molecule has 0 fully saturated rings. The molecular weight excluding hydrogens is 401 g/mol. The molecule has 0 aliphatic rings. The molecule has 11 heteroatoms. The maximum atomic E-state index is 13.4. The third kappa shape index (κ3) is 4.99. The van der Waals surface area contributed by atoms with Gasteiger partial charge in [0.15, 0.2) is 23.3 Å². The van der Waals surface area contributed by atoms with E-state index in [2.05, 4.69) is 9.47 Å². The Balaban J connectivity index is 1.90. The van der Waals surface area contributed by atoms with E-state index in [1.165, 1.54) is 0 Å². The zero-order valence-electron chi connectivity index (χ0n) is 13.6. The van der Waals surface area contributed by atoms with Gasteiger partial charge in [-0.05, 0) is 0 Å². The first-order valence-corrected chi connectivity index (χ1v) is 7.42. The summed E-state index contributed by atoms with van der Waals surface area (Å²) in [6.07, 6.45) is -1.33. The molecule has 0 amide bonds. The lowest BCUT2D eigenvalue weighted by atomic mass is 10.2. The van der Waals surface area contributed by atoms with Gasteiger partial charge in [0.2, 0.25) is 5.82 Å². The first kappa shape index (κ1) is 21.2. The third-order valence-electron chi connectivity index (χ3n) is 3.28. The molecule has 0 aliphatic heterocycles. The average Bonchev–Trinajstić information content (AvgIpc) is 2.62. The first-order valence-electron chi connectivity index (χ1n) is 7.42. The van der Waals surface area contributed by atoms with Gasteiger partial charge in [0.05, 0.1) is 18.4 Å². The molecule has 2 rings (SSSR count). The second-order valence-electron chi connectivity index (χ2n) is 5.29. The molecule has 0 aliphatic carbocycles. The monoisotopic (exact) mass is 410 g/mol. The number of carbonyl (C=O) groups excluding carboxylic acids is 2. The molecule has 2 aromatic carbocycles. The number of benzene rings is 2. The van der Waals surface area contributed by atoms with Crippen LogP contribution in [0, 0.1) is 40.7 Å². The highest BCUT2D eigenvalue weighted by molar-refractivity contribution is 5.79. The maximum absolute atomic E-state index is 13.4. The van der Waals surface area contributed by atoms with Crippen molar-refractivity contribution in [1.82, 2.24) is 0 Å². The zero-order valence-corrected chi connectivity index (χ0v) is 13.6. The van der Waals surface area contributed by atoms with Crippen LogP contribution in [0.15, 0.2) is 18.2 Å². The van der Waals surface area contributed by atoms with Crippen molar-refractivity contribution in [2.24, 2.45) is 0 Å². The van der Waals surface area contributed by atoms with E-state index in [0.717, 1.165) is 0 Å². The Kier molecular flexibility index (Phi) is 6.60. The van der Waals surface area contributed by atoms with Crippen LogP contribution < -0.4 is 4.74 Å². The largest absolute Gasteiger partial charge is 0.461 e. The molecule has 0 heterocycles. The van der Waals surface area contributed by atoms with Crippen molar-refractivity contribution in [3.8, 4) is 5.75 Å². The van der Waals surface area contributed by atoms with Gasteiger partial charge >= 0.3 is 11.9 Å². The Morgan fingerprint density at radius 2 is 1.14 bits per heavy atom. The van der Waals surface area contributed by atoms with Crippen LogP contribution in [-0.4, -0.2) is 11.9 Å². The minimum Gasteiger partial charge on any atom is -0.461 e. The number of halogens is 7. The van der Waals surface area contributed by atoms with Crippen molar-refractivity contribution in [3.63, 3.8) is 0 Å². The Labute approximate surface area is 152 Å². The lowest BCUT2D eigenvalue weighted by Gasteiger charge is -2.09. The average molecular weight is 410 g/mol. The standard InChI is InChI=1S/C17H9F7O4/c18-7-3-8(19)5-9(4-7)28-12(26)2-1-11(25)27-6-10-13(20)15(22)17(24)16(23)14(10)21/h3-5H,1-2,6H2. The highest BCUT2D eigenvalue weighted by Crippen LogP contribution is 2.23. The fraction of sp³-hybridized carbons (Fsp3) is 0.176. The quantitative estimate of drug-likeness (QED) is 0.237. The fourth-order valence-electron chi connectivity index (χ4n) is 1.98. The SMILES string of the molecule is O=C(CCC(=O)Oc1cc(F)cc(F)c1)OCc1c(F)c(F)c(F)c(F)c1F. The third-order valence-corrected chi connectivity index (χ3v) is 3.28. The summed E-state index contributed by atoms with van der Waals surface area (Å²) in [5.74, 6) is -15.8. The molecule has 0 aromatic heterocycles. The number of esters is 2. The van der Waals surface area contributed by atoms with Crippen LogP contribution in [0.25, 0.3) is 0 Å². The molecule has 0 saturated carbocycles. The van der Waals surface area contributed by atoms with Gasteiger partial charge in [-0.1, -0.05) is 0 Å². The van der Waals surface area contributed by atoms with E-state index in [9.17, 15) is 40.3 Å². The van der Waals surface area contributed by atoms with E-state index in [0.29, 0.717) is 18.2 Å². The predicted molar refractivity (Wildman–Crippen MR) is 77.3 cm³/mol. The zero-order chi connectivity index (χ0) is 21.0. The number of ether oxygens (including phenoxy) is 2. The van der Waals surface area contributed by atoms with Gasteiger partial charge < -0.3 is 9.47 Å². The topological polar surface area (TPSA) is 52.6 Å². The molecule has 0 radical (unpaired) electrons. The second-order valence-corrected chi connectivity index (χ2v) is 5.29. The normalized spacial score (nSPS) is 10.7. The summed E-state index contributed by atoms with van der Waals surface area (Å²) in [5.41, 5.74) is -1.36. The number of carbonyl (C=O) groups is 2. The summed E-state index contributed by atoms with van der Waals surface area (Å²) >= 11 is 0. The number of hydrogen-bond donors (Lipinski definition) is 0. The van der Waals surface area contributed by atoms with Crippen LogP contribution in [0.4, 0.5) is 30.7 Å². The van der Waals surface area contributed by atoms with E-state index in [1.54, 1.807) is 0 Å². The van der Waals surface area contributed by atoms with Gasteiger partial charge in [0, 0.05) is 18.2 Å². The van der Waals surface area contributed by atoms with Crippen LogP contribution >= 0.6 is 0 Å². The molecule has 0 unspecified atom stereocenters. The molecule has 150 valence electrons. The van der Waals surface area contributed by atoms with Gasteiger partial charge in [-0.3, -0.25) is 9.59 Å². The highest BCUT2D eigenvalue weighted by Gasteiger charge is 2.26. The molecule has 4 nitrogen and oxygen atoms in total. The van der Waals surface area contributed by atoms with Crippen LogP contribution in [0.5, 0.6) is 5.75 Å². The fourth-order valence-corrected chi connectivity index (χ4v) is 1.98. The Hall–Kier alpha value is -3.11. The summed E-state index contributed by atoms with van der Waals surface area (Å²) in [7, 11) is 0. The van der Waals surface area contributed by atoms with E-state index >= 15 is 0 Å². The molecule has 0 spiro atoms. The van der Waals surface area contributed by atoms with E-state index in [-0.39, 0.29) is 0 Å². The Morgan fingerprint density at radius 1 is 0.679 bits per heavy atom. The van der Waals surface area contributed by atoms with Crippen molar-refractivity contribution in [2.45, 2.75) is 19.4 Å². The minimum absolute atomic E-state index is 0.461. The highest BCUT2D eigenvalue weighted by atomic mass is 19.2.